The Bertz CT molecular complexity index is 403. The molecule has 2 nitrogen and oxygen atoms in total. The zero-order valence-electron chi connectivity index (χ0n) is 10.6. The molecule has 0 heterocycles. The second-order valence-electron chi connectivity index (χ2n) is 5.30. The van der Waals surface area contributed by atoms with Crippen LogP contribution in [0.3, 0.4) is 0 Å². The van der Waals surface area contributed by atoms with Gasteiger partial charge < -0.3 is 11.1 Å². The number of halogens is 1. The van der Waals surface area contributed by atoms with E-state index < -0.39 is 0 Å². The molecule has 1 aromatic carbocycles. The summed E-state index contributed by atoms with van der Waals surface area (Å²) in [6, 6.07) is 4.74. The van der Waals surface area contributed by atoms with Gasteiger partial charge in [0, 0.05) is 21.9 Å². The van der Waals surface area contributed by atoms with Crippen molar-refractivity contribution in [1.29, 1.82) is 0 Å². The third-order valence-electron chi connectivity index (χ3n) is 3.65. The quantitative estimate of drug-likeness (QED) is 0.797. The molecule has 0 bridgehead atoms. The van der Waals surface area contributed by atoms with Crippen molar-refractivity contribution in [3.63, 3.8) is 0 Å². The minimum absolute atomic E-state index is 0.609. The molecule has 1 aliphatic carbocycles. The second kappa shape index (κ2) is 5.30. The molecule has 0 saturated heterocycles. The summed E-state index contributed by atoms with van der Waals surface area (Å²) in [6.07, 6.45) is 5.26. The Labute approximate surface area is 112 Å². The van der Waals surface area contributed by atoms with Gasteiger partial charge in [-0.2, -0.15) is 0 Å². The summed E-state index contributed by atoms with van der Waals surface area (Å²) in [5, 5.41) is 3.65. The Morgan fingerprint density at radius 2 is 2.12 bits per heavy atom. The first-order valence-corrected chi connectivity index (χ1v) is 7.17. The highest BCUT2D eigenvalue weighted by atomic mass is 79.9. The minimum atomic E-state index is 0.609. The first-order chi connectivity index (χ1) is 8.06. The fraction of sp³-hybridized carbons (Fsp3) is 0.571. The largest absolute Gasteiger partial charge is 0.398 e. The van der Waals surface area contributed by atoms with E-state index in [1.165, 1.54) is 31.4 Å². The van der Waals surface area contributed by atoms with Gasteiger partial charge in [-0.25, -0.2) is 0 Å². The van der Waals surface area contributed by atoms with Crippen LogP contribution in [-0.4, -0.2) is 6.04 Å². The predicted octanol–water partition coefficient (Wildman–Crippen LogP) is 4.33. The van der Waals surface area contributed by atoms with Crippen LogP contribution in [0.2, 0.25) is 0 Å². The van der Waals surface area contributed by atoms with Crippen molar-refractivity contribution in [3.8, 4) is 0 Å². The van der Waals surface area contributed by atoms with E-state index >= 15 is 0 Å². The molecule has 0 aromatic heterocycles. The maximum absolute atomic E-state index is 5.89. The first kappa shape index (κ1) is 12.7. The summed E-state index contributed by atoms with van der Waals surface area (Å²) >= 11 is 3.58. The number of rotatable bonds is 2. The molecule has 1 saturated carbocycles. The van der Waals surface area contributed by atoms with Crippen molar-refractivity contribution in [2.24, 2.45) is 5.92 Å². The van der Waals surface area contributed by atoms with Crippen molar-refractivity contribution < 1.29 is 0 Å². The van der Waals surface area contributed by atoms with Gasteiger partial charge in [0.1, 0.15) is 0 Å². The lowest BCUT2D eigenvalue weighted by Crippen LogP contribution is -2.26. The van der Waals surface area contributed by atoms with Gasteiger partial charge >= 0.3 is 0 Å². The number of nitrogens with two attached hydrogens (primary N) is 1. The Kier molecular flexibility index (Phi) is 3.97. The van der Waals surface area contributed by atoms with Crippen molar-refractivity contribution in [1.82, 2.24) is 0 Å². The summed E-state index contributed by atoms with van der Waals surface area (Å²) in [5.41, 5.74) is 9.05. The number of hydrogen-bond donors (Lipinski definition) is 2. The van der Waals surface area contributed by atoms with Crippen LogP contribution in [0.15, 0.2) is 16.6 Å². The van der Waals surface area contributed by atoms with Crippen LogP contribution >= 0.6 is 15.9 Å². The Morgan fingerprint density at radius 1 is 1.35 bits per heavy atom. The maximum Gasteiger partial charge on any atom is 0.0490 e. The molecule has 94 valence electrons. The van der Waals surface area contributed by atoms with Gasteiger partial charge in [-0.15, -0.1) is 0 Å². The lowest BCUT2D eigenvalue weighted by molar-refractivity contribution is 0.358. The standard InChI is InChI=1S/C14H21BrN2/c1-9-4-3-5-11(6-9)17-14-7-10(2)13(16)8-12(14)15/h7-9,11,17H,3-6,16H2,1-2H3. The van der Waals surface area contributed by atoms with Crippen molar-refractivity contribution >= 4 is 27.3 Å². The SMILES string of the molecule is Cc1cc(NC2CCCC(C)C2)c(Br)cc1N. The molecule has 1 fully saturated rings. The summed E-state index contributed by atoms with van der Waals surface area (Å²) in [7, 11) is 0. The van der Waals surface area contributed by atoms with Gasteiger partial charge in [0.05, 0.1) is 0 Å². The molecule has 2 rings (SSSR count). The van der Waals surface area contributed by atoms with E-state index in [-0.39, 0.29) is 0 Å². The average molecular weight is 297 g/mol. The van der Waals surface area contributed by atoms with Crippen LogP contribution in [0.1, 0.15) is 38.2 Å². The Hall–Kier alpha value is -0.700. The van der Waals surface area contributed by atoms with Crippen molar-refractivity contribution in [2.45, 2.75) is 45.6 Å². The Morgan fingerprint density at radius 3 is 2.82 bits per heavy atom. The van der Waals surface area contributed by atoms with E-state index in [9.17, 15) is 0 Å². The maximum atomic E-state index is 5.89. The smallest absolute Gasteiger partial charge is 0.0490 e. The number of hydrogen-bond acceptors (Lipinski definition) is 2. The summed E-state index contributed by atoms with van der Waals surface area (Å²) in [6.45, 7) is 4.40. The number of aryl methyl sites for hydroxylation is 1. The number of anilines is 2. The highest BCUT2D eigenvalue weighted by molar-refractivity contribution is 9.10. The predicted molar refractivity (Wildman–Crippen MR) is 78.3 cm³/mol. The molecule has 2 atom stereocenters. The van der Waals surface area contributed by atoms with Gasteiger partial charge in [-0.05, 0) is 59.3 Å². The van der Waals surface area contributed by atoms with Crippen molar-refractivity contribution in [3.05, 3.63) is 22.2 Å². The minimum Gasteiger partial charge on any atom is -0.398 e. The summed E-state index contributed by atoms with van der Waals surface area (Å²) in [5.74, 6) is 0.843. The molecule has 1 aliphatic rings. The van der Waals surface area contributed by atoms with Crippen LogP contribution in [0.4, 0.5) is 11.4 Å². The van der Waals surface area contributed by atoms with Crippen LogP contribution in [-0.2, 0) is 0 Å². The topological polar surface area (TPSA) is 38.0 Å². The number of benzene rings is 1. The molecule has 3 heteroatoms. The monoisotopic (exact) mass is 296 g/mol. The van der Waals surface area contributed by atoms with E-state index in [1.54, 1.807) is 0 Å². The summed E-state index contributed by atoms with van der Waals surface area (Å²) < 4.78 is 1.07. The number of nitrogens with one attached hydrogen (secondary N) is 1. The third-order valence-corrected chi connectivity index (χ3v) is 4.31. The number of nitrogen functional groups attached to an aromatic ring is 1. The summed E-state index contributed by atoms with van der Waals surface area (Å²) in [4.78, 5) is 0. The highest BCUT2D eigenvalue weighted by Crippen LogP contribution is 2.31. The molecule has 0 radical (unpaired) electrons. The highest BCUT2D eigenvalue weighted by Gasteiger charge is 2.19. The van der Waals surface area contributed by atoms with E-state index in [0.29, 0.717) is 6.04 Å². The fourth-order valence-electron chi connectivity index (χ4n) is 2.59. The molecule has 2 unspecified atom stereocenters. The zero-order valence-corrected chi connectivity index (χ0v) is 12.2. The van der Waals surface area contributed by atoms with Crippen LogP contribution in [0.5, 0.6) is 0 Å². The van der Waals surface area contributed by atoms with Crippen LogP contribution < -0.4 is 11.1 Å². The van der Waals surface area contributed by atoms with Gasteiger partial charge in [0.15, 0.2) is 0 Å². The van der Waals surface area contributed by atoms with E-state index in [0.717, 1.165) is 21.6 Å². The van der Waals surface area contributed by atoms with Crippen molar-refractivity contribution in [2.75, 3.05) is 11.1 Å². The fourth-order valence-corrected chi connectivity index (χ4v) is 3.07. The molecule has 17 heavy (non-hydrogen) atoms. The van der Waals surface area contributed by atoms with E-state index in [2.05, 4.69) is 41.2 Å². The molecule has 0 amide bonds. The zero-order chi connectivity index (χ0) is 12.4. The van der Waals surface area contributed by atoms with E-state index in [1.807, 2.05) is 6.07 Å². The Balaban J connectivity index is 2.10. The molecule has 0 aliphatic heterocycles. The van der Waals surface area contributed by atoms with Crippen LogP contribution in [0.25, 0.3) is 0 Å². The molecule has 1 aromatic rings. The average Bonchev–Trinajstić information content (AvgIpc) is 2.26. The van der Waals surface area contributed by atoms with Gasteiger partial charge in [0.2, 0.25) is 0 Å². The molecular weight excluding hydrogens is 276 g/mol. The van der Waals surface area contributed by atoms with E-state index in [4.69, 9.17) is 5.73 Å². The lowest BCUT2D eigenvalue weighted by Gasteiger charge is -2.29. The first-order valence-electron chi connectivity index (χ1n) is 6.38. The lowest BCUT2D eigenvalue weighted by atomic mass is 9.87. The second-order valence-corrected chi connectivity index (χ2v) is 6.16. The normalized spacial score (nSPS) is 24.6. The van der Waals surface area contributed by atoms with Gasteiger partial charge in [-0.1, -0.05) is 19.8 Å². The molecule has 3 N–H and O–H groups in total. The van der Waals surface area contributed by atoms with Gasteiger partial charge in [-0.3, -0.25) is 0 Å². The molecular formula is C14H21BrN2. The van der Waals surface area contributed by atoms with Crippen LogP contribution in [0, 0.1) is 12.8 Å². The van der Waals surface area contributed by atoms with Gasteiger partial charge in [0.25, 0.3) is 0 Å². The third kappa shape index (κ3) is 3.15. The molecule has 0 spiro atoms.